The highest BCUT2D eigenvalue weighted by atomic mass is 16.4. The predicted octanol–water partition coefficient (Wildman–Crippen LogP) is 4.79. The van der Waals surface area contributed by atoms with Crippen LogP contribution in [0.15, 0.2) is 36.4 Å². The monoisotopic (exact) mass is 268 g/mol. The molecule has 104 valence electrons. The summed E-state index contributed by atoms with van der Waals surface area (Å²) in [5.74, 6) is -0.453. The molecular weight excluding hydrogens is 248 g/mol. The fraction of sp³-hybridized carbons (Fsp3) is 0.278. The Morgan fingerprint density at radius 1 is 1.00 bits per heavy atom. The van der Waals surface area contributed by atoms with Crippen LogP contribution < -0.4 is 0 Å². The Labute approximate surface area is 120 Å². The molecular formula is C18H20O2. The number of hydrogen-bond acceptors (Lipinski definition) is 1. The highest BCUT2D eigenvalue weighted by Crippen LogP contribution is 2.30. The molecule has 0 heterocycles. The van der Waals surface area contributed by atoms with Crippen molar-refractivity contribution in [3.8, 4) is 11.1 Å². The third kappa shape index (κ3) is 2.74. The van der Waals surface area contributed by atoms with Crippen LogP contribution in [-0.4, -0.2) is 11.1 Å². The van der Waals surface area contributed by atoms with E-state index in [1.807, 2.05) is 26.0 Å². The summed E-state index contributed by atoms with van der Waals surface area (Å²) in [5, 5.41) is 9.42. The van der Waals surface area contributed by atoms with Gasteiger partial charge in [0.1, 0.15) is 0 Å². The van der Waals surface area contributed by atoms with Gasteiger partial charge in [-0.3, -0.25) is 0 Å². The number of aromatic carboxylic acids is 1. The standard InChI is InChI=1S/C18H20O2/c1-11(2)14-7-6-13(4)16(10-14)15-8-5-12(3)9-17(15)18(19)20/h5-11H,1-4H3,(H,19,20). The van der Waals surface area contributed by atoms with Crippen molar-refractivity contribution in [3.05, 3.63) is 58.7 Å². The van der Waals surface area contributed by atoms with E-state index in [1.54, 1.807) is 6.07 Å². The molecule has 20 heavy (non-hydrogen) atoms. The third-order valence-corrected chi connectivity index (χ3v) is 3.62. The van der Waals surface area contributed by atoms with Crippen molar-refractivity contribution in [1.29, 1.82) is 0 Å². The fourth-order valence-electron chi connectivity index (χ4n) is 2.36. The number of aryl methyl sites for hydroxylation is 2. The molecule has 0 bridgehead atoms. The quantitative estimate of drug-likeness (QED) is 0.868. The van der Waals surface area contributed by atoms with Crippen molar-refractivity contribution >= 4 is 5.97 Å². The van der Waals surface area contributed by atoms with Gasteiger partial charge in [-0.15, -0.1) is 0 Å². The van der Waals surface area contributed by atoms with Gasteiger partial charge in [-0.05, 0) is 48.1 Å². The van der Waals surface area contributed by atoms with Gasteiger partial charge in [-0.25, -0.2) is 4.79 Å². The van der Waals surface area contributed by atoms with Crippen molar-refractivity contribution in [2.75, 3.05) is 0 Å². The topological polar surface area (TPSA) is 37.3 Å². The van der Waals surface area contributed by atoms with Gasteiger partial charge in [-0.2, -0.15) is 0 Å². The second-order valence-electron chi connectivity index (χ2n) is 5.58. The molecule has 2 aromatic carbocycles. The van der Waals surface area contributed by atoms with E-state index in [0.717, 1.165) is 22.3 Å². The van der Waals surface area contributed by atoms with Crippen LogP contribution in [0.3, 0.4) is 0 Å². The molecule has 0 atom stereocenters. The lowest BCUT2D eigenvalue weighted by molar-refractivity contribution is 0.0697. The van der Waals surface area contributed by atoms with Crippen LogP contribution in [0.1, 0.15) is 46.8 Å². The molecule has 2 rings (SSSR count). The molecule has 0 spiro atoms. The molecule has 0 radical (unpaired) electrons. The molecule has 0 aliphatic carbocycles. The maximum absolute atomic E-state index is 11.5. The smallest absolute Gasteiger partial charge is 0.336 e. The minimum Gasteiger partial charge on any atom is -0.478 e. The van der Waals surface area contributed by atoms with Crippen LogP contribution in [0.5, 0.6) is 0 Å². The van der Waals surface area contributed by atoms with Crippen LogP contribution in [0, 0.1) is 13.8 Å². The summed E-state index contributed by atoms with van der Waals surface area (Å²) in [6.07, 6.45) is 0. The van der Waals surface area contributed by atoms with Gasteiger partial charge in [-0.1, -0.05) is 49.7 Å². The molecule has 2 nitrogen and oxygen atoms in total. The SMILES string of the molecule is Cc1ccc(-c2cc(C(C)C)ccc2C)c(C(=O)O)c1. The largest absolute Gasteiger partial charge is 0.478 e. The molecule has 1 N–H and O–H groups in total. The van der Waals surface area contributed by atoms with E-state index in [4.69, 9.17) is 0 Å². The molecule has 0 aromatic heterocycles. The van der Waals surface area contributed by atoms with Crippen LogP contribution in [-0.2, 0) is 0 Å². The van der Waals surface area contributed by atoms with Gasteiger partial charge in [0.05, 0.1) is 5.56 Å². The number of carboxylic acid groups (broad SMARTS) is 1. The molecule has 0 saturated carbocycles. The van der Waals surface area contributed by atoms with E-state index in [-0.39, 0.29) is 0 Å². The average Bonchev–Trinajstić information content (AvgIpc) is 2.39. The van der Waals surface area contributed by atoms with E-state index < -0.39 is 5.97 Å². The van der Waals surface area contributed by atoms with Gasteiger partial charge in [0.15, 0.2) is 0 Å². The zero-order chi connectivity index (χ0) is 14.9. The summed E-state index contributed by atoms with van der Waals surface area (Å²) in [6, 6.07) is 11.9. The van der Waals surface area contributed by atoms with Gasteiger partial charge < -0.3 is 5.11 Å². The van der Waals surface area contributed by atoms with Crippen LogP contribution in [0.25, 0.3) is 11.1 Å². The molecule has 0 unspecified atom stereocenters. The lowest BCUT2D eigenvalue weighted by Crippen LogP contribution is -2.01. The highest BCUT2D eigenvalue weighted by molar-refractivity contribution is 5.96. The number of carboxylic acids is 1. The predicted molar refractivity (Wildman–Crippen MR) is 82.4 cm³/mol. The summed E-state index contributed by atoms with van der Waals surface area (Å²) in [4.78, 5) is 11.5. The molecule has 0 aliphatic rings. The first-order valence-electron chi connectivity index (χ1n) is 6.85. The first-order valence-corrected chi connectivity index (χ1v) is 6.85. The minimum absolute atomic E-state index is 0.369. The van der Waals surface area contributed by atoms with Crippen LogP contribution in [0.4, 0.5) is 0 Å². The van der Waals surface area contributed by atoms with E-state index >= 15 is 0 Å². The Balaban J connectivity index is 2.67. The summed E-state index contributed by atoms with van der Waals surface area (Å²) in [6.45, 7) is 8.21. The summed E-state index contributed by atoms with van der Waals surface area (Å²) in [5.41, 5.74) is 5.46. The maximum Gasteiger partial charge on any atom is 0.336 e. The lowest BCUT2D eigenvalue weighted by Gasteiger charge is -2.14. The van der Waals surface area contributed by atoms with Crippen molar-refractivity contribution in [1.82, 2.24) is 0 Å². The van der Waals surface area contributed by atoms with Crippen molar-refractivity contribution in [2.24, 2.45) is 0 Å². The Kier molecular flexibility index (Phi) is 3.93. The normalized spacial score (nSPS) is 10.8. The van der Waals surface area contributed by atoms with Gasteiger partial charge in [0.2, 0.25) is 0 Å². The zero-order valence-electron chi connectivity index (χ0n) is 12.4. The van der Waals surface area contributed by atoms with E-state index in [1.165, 1.54) is 5.56 Å². The third-order valence-electron chi connectivity index (χ3n) is 3.62. The van der Waals surface area contributed by atoms with Crippen LogP contribution in [0.2, 0.25) is 0 Å². The fourth-order valence-corrected chi connectivity index (χ4v) is 2.36. The minimum atomic E-state index is -0.877. The van der Waals surface area contributed by atoms with E-state index in [0.29, 0.717) is 11.5 Å². The molecule has 2 heteroatoms. The Hall–Kier alpha value is -2.09. The Bertz CT molecular complexity index is 654. The number of hydrogen-bond donors (Lipinski definition) is 1. The molecule has 0 fully saturated rings. The second kappa shape index (κ2) is 5.49. The van der Waals surface area contributed by atoms with E-state index in [2.05, 4.69) is 32.0 Å². The Morgan fingerprint density at radius 2 is 1.70 bits per heavy atom. The van der Waals surface area contributed by atoms with Gasteiger partial charge in [0.25, 0.3) is 0 Å². The molecule has 0 saturated heterocycles. The van der Waals surface area contributed by atoms with Gasteiger partial charge >= 0.3 is 5.97 Å². The first-order chi connectivity index (χ1) is 9.40. The van der Waals surface area contributed by atoms with Crippen molar-refractivity contribution in [2.45, 2.75) is 33.6 Å². The lowest BCUT2D eigenvalue weighted by atomic mass is 9.91. The Morgan fingerprint density at radius 3 is 2.30 bits per heavy atom. The van der Waals surface area contributed by atoms with Crippen molar-refractivity contribution < 1.29 is 9.90 Å². The van der Waals surface area contributed by atoms with Crippen molar-refractivity contribution in [3.63, 3.8) is 0 Å². The zero-order valence-corrected chi connectivity index (χ0v) is 12.4. The number of rotatable bonds is 3. The van der Waals surface area contributed by atoms with E-state index in [9.17, 15) is 9.90 Å². The summed E-state index contributed by atoms with van der Waals surface area (Å²) in [7, 11) is 0. The molecule has 0 amide bonds. The second-order valence-corrected chi connectivity index (χ2v) is 5.58. The molecule has 2 aromatic rings. The number of carbonyl (C=O) groups is 1. The highest BCUT2D eigenvalue weighted by Gasteiger charge is 2.14. The summed E-state index contributed by atoms with van der Waals surface area (Å²) >= 11 is 0. The number of benzene rings is 2. The molecule has 0 aliphatic heterocycles. The maximum atomic E-state index is 11.5. The van der Waals surface area contributed by atoms with Crippen LogP contribution >= 0.6 is 0 Å². The van der Waals surface area contributed by atoms with Gasteiger partial charge in [0, 0.05) is 0 Å². The average molecular weight is 268 g/mol. The summed E-state index contributed by atoms with van der Waals surface area (Å²) < 4.78 is 0. The first kappa shape index (κ1) is 14.3.